The van der Waals surface area contributed by atoms with Gasteiger partial charge in [0.1, 0.15) is 0 Å². The van der Waals surface area contributed by atoms with E-state index in [1.54, 1.807) is 18.2 Å². The first kappa shape index (κ1) is 16.2. The molecule has 9 heteroatoms. The number of nitrogens with two attached hydrogens (primary N) is 1. The van der Waals surface area contributed by atoms with E-state index < -0.39 is 15.9 Å². The molecule has 0 spiro atoms. The van der Waals surface area contributed by atoms with Crippen LogP contribution in [-0.2, 0) is 21.4 Å². The zero-order valence-electron chi connectivity index (χ0n) is 10.1. The molecular formula is C10H13Cl2N3O3S. The van der Waals surface area contributed by atoms with Crippen LogP contribution in [0.15, 0.2) is 18.2 Å². The number of sulfonamides is 1. The Labute approximate surface area is 121 Å². The second kappa shape index (κ2) is 6.53. The number of hydrazine groups is 1. The molecule has 0 saturated heterocycles. The molecule has 1 amide bonds. The van der Waals surface area contributed by atoms with Gasteiger partial charge in [-0.2, -0.15) is 4.31 Å². The molecule has 0 aliphatic heterocycles. The first-order valence-electron chi connectivity index (χ1n) is 5.12. The molecule has 0 saturated carbocycles. The number of benzene rings is 1. The molecule has 0 fully saturated rings. The van der Waals surface area contributed by atoms with Crippen molar-refractivity contribution in [2.45, 2.75) is 6.54 Å². The van der Waals surface area contributed by atoms with Crippen molar-refractivity contribution in [2.24, 2.45) is 5.84 Å². The Morgan fingerprint density at radius 3 is 2.47 bits per heavy atom. The SMILES string of the molecule is CS(=O)(=O)N(CC(=O)NN)Cc1ccc(Cl)c(Cl)c1. The van der Waals surface area contributed by atoms with Crippen LogP contribution in [0.5, 0.6) is 0 Å². The number of hydrogen-bond acceptors (Lipinski definition) is 4. The van der Waals surface area contributed by atoms with Crippen molar-refractivity contribution in [1.29, 1.82) is 0 Å². The van der Waals surface area contributed by atoms with E-state index in [9.17, 15) is 13.2 Å². The van der Waals surface area contributed by atoms with Gasteiger partial charge in [0.05, 0.1) is 22.8 Å². The third-order valence-corrected chi connectivity index (χ3v) is 4.23. The largest absolute Gasteiger partial charge is 0.293 e. The molecule has 0 bridgehead atoms. The van der Waals surface area contributed by atoms with Crippen LogP contribution in [0.3, 0.4) is 0 Å². The average Bonchev–Trinajstić information content (AvgIpc) is 2.31. The van der Waals surface area contributed by atoms with E-state index in [4.69, 9.17) is 29.0 Å². The van der Waals surface area contributed by atoms with Crippen molar-refractivity contribution in [1.82, 2.24) is 9.73 Å². The molecule has 0 radical (unpaired) electrons. The summed E-state index contributed by atoms with van der Waals surface area (Å²) in [4.78, 5) is 11.2. The van der Waals surface area contributed by atoms with Gasteiger partial charge < -0.3 is 0 Å². The van der Waals surface area contributed by atoms with Crippen molar-refractivity contribution in [3.8, 4) is 0 Å². The number of carbonyl (C=O) groups excluding carboxylic acids is 1. The molecule has 0 aliphatic carbocycles. The molecular weight excluding hydrogens is 313 g/mol. The van der Waals surface area contributed by atoms with Crippen LogP contribution >= 0.6 is 23.2 Å². The first-order valence-corrected chi connectivity index (χ1v) is 7.73. The third-order valence-electron chi connectivity index (χ3n) is 2.29. The van der Waals surface area contributed by atoms with Crippen LogP contribution < -0.4 is 11.3 Å². The molecule has 0 unspecified atom stereocenters. The summed E-state index contributed by atoms with van der Waals surface area (Å²) in [5.74, 6) is 4.34. The average molecular weight is 326 g/mol. The standard InChI is InChI=1S/C10H13Cl2N3O3S/c1-19(17,18)15(6-10(16)14-13)5-7-2-3-8(11)9(12)4-7/h2-4H,5-6,13H2,1H3,(H,14,16). The number of nitrogens with one attached hydrogen (secondary N) is 1. The zero-order valence-corrected chi connectivity index (χ0v) is 12.4. The monoisotopic (exact) mass is 325 g/mol. The molecule has 0 heterocycles. The minimum Gasteiger partial charge on any atom is -0.293 e. The molecule has 6 nitrogen and oxygen atoms in total. The zero-order chi connectivity index (χ0) is 14.6. The third kappa shape index (κ3) is 4.96. The number of hydrogen-bond donors (Lipinski definition) is 2. The van der Waals surface area contributed by atoms with Crippen LogP contribution in [-0.4, -0.2) is 31.4 Å². The molecule has 1 aromatic carbocycles. The van der Waals surface area contributed by atoms with Gasteiger partial charge in [-0.05, 0) is 17.7 Å². The van der Waals surface area contributed by atoms with E-state index in [0.717, 1.165) is 10.6 Å². The normalized spacial score (nSPS) is 11.6. The highest BCUT2D eigenvalue weighted by molar-refractivity contribution is 7.88. The second-order valence-electron chi connectivity index (χ2n) is 3.85. The van der Waals surface area contributed by atoms with Crippen LogP contribution in [0.25, 0.3) is 0 Å². The molecule has 3 N–H and O–H groups in total. The second-order valence-corrected chi connectivity index (χ2v) is 6.64. The Hall–Kier alpha value is -0.860. The molecule has 0 aliphatic rings. The lowest BCUT2D eigenvalue weighted by Gasteiger charge is -2.19. The number of halogens is 2. The number of amides is 1. The minimum atomic E-state index is -3.55. The summed E-state index contributed by atoms with van der Waals surface area (Å²) in [6.07, 6.45) is 1.01. The molecule has 106 valence electrons. The van der Waals surface area contributed by atoms with Crippen LogP contribution in [0, 0.1) is 0 Å². The Kier molecular flexibility index (Phi) is 5.57. The Morgan fingerprint density at radius 2 is 2.00 bits per heavy atom. The van der Waals surface area contributed by atoms with Crippen molar-refractivity contribution >= 4 is 39.1 Å². The number of nitrogens with zero attached hydrogens (tertiary/aromatic N) is 1. The predicted molar refractivity (Wildman–Crippen MR) is 74.0 cm³/mol. The molecule has 19 heavy (non-hydrogen) atoms. The van der Waals surface area contributed by atoms with E-state index in [2.05, 4.69) is 0 Å². The number of rotatable bonds is 5. The quantitative estimate of drug-likeness (QED) is 0.474. The lowest BCUT2D eigenvalue weighted by Crippen LogP contribution is -2.42. The van der Waals surface area contributed by atoms with E-state index in [1.807, 2.05) is 5.43 Å². The van der Waals surface area contributed by atoms with Crippen LogP contribution in [0.4, 0.5) is 0 Å². The highest BCUT2D eigenvalue weighted by atomic mass is 35.5. The van der Waals surface area contributed by atoms with Crippen molar-refractivity contribution in [3.63, 3.8) is 0 Å². The van der Waals surface area contributed by atoms with Crippen molar-refractivity contribution in [2.75, 3.05) is 12.8 Å². The summed E-state index contributed by atoms with van der Waals surface area (Å²) in [5, 5.41) is 0.687. The summed E-state index contributed by atoms with van der Waals surface area (Å²) >= 11 is 11.6. The smallest absolute Gasteiger partial charge is 0.249 e. The lowest BCUT2D eigenvalue weighted by molar-refractivity contribution is -0.121. The molecule has 1 aromatic rings. The van der Waals surface area contributed by atoms with Gasteiger partial charge in [-0.25, -0.2) is 14.3 Å². The fourth-order valence-electron chi connectivity index (χ4n) is 1.34. The summed E-state index contributed by atoms with van der Waals surface area (Å²) < 4.78 is 24.2. The molecule has 0 aromatic heterocycles. The van der Waals surface area contributed by atoms with Gasteiger partial charge in [-0.15, -0.1) is 0 Å². The van der Waals surface area contributed by atoms with Crippen molar-refractivity contribution in [3.05, 3.63) is 33.8 Å². The first-order chi connectivity index (χ1) is 8.74. The highest BCUT2D eigenvalue weighted by Gasteiger charge is 2.20. The fraction of sp³-hybridized carbons (Fsp3) is 0.300. The minimum absolute atomic E-state index is 0.00312. The maximum Gasteiger partial charge on any atom is 0.249 e. The summed E-state index contributed by atoms with van der Waals surface area (Å²) in [6.45, 7) is -0.362. The predicted octanol–water partition coefficient (Wildman–Crippen LogP) is 0.745. The summed E-state index contributed by atoms with van der Waals surface area (Å²) in [5.41, 5.74) is 2.50. The van der Waals surface area contributed by atoms with Gasteiger partial charge in [0.15, 0.2) is 0 Å². The Balaban J connectivity index is 2.94. The fourth-order valence-corrected chi connectivity index (χ4v) is 2.39. The van der Waals surface area contributed by atoms with Gasteiger partial charge in [0.2, 0.25) is 15.9 Å². The van der Waals surface area contributed by atoms with E-state index >= 15 is 0 Å². The van der Waals surface area contributed by atoms with Crippen LogP contribution in [0.2, 0.25) is 10.0 Å². The topological polar surface area (TPSA) is 92.5 Å². The van der Waals surface area contributed by atoms with Crippen molar-refractivity contribution < 1.29 is 13.2 Å². The lowest BCUT2D eigenvalue weighted by atomic mass is 10.2. The highest BCUT2D eigenvalue weighted by Crippen LogP contribution is 2.23. The van der Waals surface area contributed by atoms with E-state index in [-0.39, 0.29) is 13.1 Å². The molecule has 1 rings (SSSR count). The Bertz CT molecular complexity index is 577. The summed E-state index contributed by atoms with van der Waals surface area (Å²) in [6, 6.07) is 4.73. The summed E-state index contributed by atoms with van der Waals surface area (Å²) in [7, 11) is -3.55. The van der Waals surface area contributed by atoms with Gasteiger partial charge in [-0.1, -0.05) is 29.3 Å². The van der Waals surface area contributed by atoms with E-state index in [0.29, 0.717) is 15.6 Å². The maximum atomic E-state index is 11.6. The maximum absolute atomic E-state index is 11.6. The number of carbonyl (C=O) groups is 1. The van der Waals surface area contributed by atoms with Gasteiger partial charge in [0, 0.05) is 6.54 Å². The van der Waals surface area contributed by atoms with E-state index in [1.165, 1.54) is 0 Å². The Morgan fingerprint density at radius 1 is 1.37 bits per heavy atom. The van der Waals surface area contributed by atoms with Gasteiger partial charge >= 0.3 is 0 Å². The van der Waals surface area contributed by atoms with Gasteiger partial charge in [-0.3, -0.25) is 10.2 Å². The molecule has 0 atom stereocenters. The van der Waals surface area contributed by atoms with Gasteiger partial charge in [0.25, 0.3) is 0 Å². The van der Waals surface area contributed by atoms with Crippen LogP contribution in [0.1, 0.15) is 5.56 Å².